The third-order valence-corrected chi connectivity index (χ3v) is 6.39. The topological polar surface area (TPSA) is 175 Å². The molecule has 0 bridgehead atoms. The number of nitrogens with one attached hydrogen (secondary N) is 5. The molecule has 0 aliphatic rings. The van der Waals surface area contributed by atoms with E-state index in [0.29, 0.717) is 13.0 Å². The van der Waals surface area contributed by atoms with Gasteiger partial charge in [0.1, 0.15) is 6.04 Å². The Labute approximate surface area is 242 Å². The molecule has 2 atom stereocenters. The molecule has 13 heteroatoms. The minimum Gasteiger partial charge on any atom is -0.379 e. The maximum absolute atomic E-state index is 12.5. The highest BCUT2D eigenvalue weighted by Crippen LogP contribution is 2.16. The number of likely N-dealkylation sites (N-methyl/N-ethyl adjacent to an activating group) is 1. The highest BCUT2D eigenvalue weighted by molar-refractivity contribution is 14.1. The van der Waals surface area contributed by atoms with Gasteiger partial charge in [-0.15, -0.1) is 0 Å². The van der Waals surface area contributed by atoms with Gasteiger partial charge in [0.25, 0.3) is 0 Å². The first-order valence-corrected chi connectivity index (χ1v) is 13.9. The summed E-state index contributed by atoms with van der Waals surface area (Å²) >= 11 is 2.22. The summed E-state index contributed by atoms with van der Waals surface area (Å²) in [6.45, 7) is 4.88. The van der Waals surface area contributed by atoms with Crippen LogP contribution in [-0.4, -0.2) is 67.6 Å². The molecule has 0 saturated carbocycles. The molecular formula is C26H40IN5O7. The van der Waals surface area contributed by atoms with Gasteiger partial charge in [-0.2, -0.15) is 0 Å². The molecular weight excluding hydrogens is 621 g/mol. The molecule has 0 saturated heterocycles. The van der Waals surface area contributed by atoms with Crippen LogP contribution >= 0.6 is 22.6 Å². The fourth-order valence-electron chi connectivity index (χ4n) is 3.65. The Balaban J connectivity index is 2.31. The predicted octanol–water partition coefficient (Wildman–Crippen LogP) is 0.999. The summed E-state index contributed by atoms with van der Waals surface area (Å²) < 4.78 is 6.52. The molecule has 218 valence electrons. The second-order valence-electron chi connectivity index (χ2n) is 9.40. The number of halogens is 1. The van der Waals surface area contributed by atoms with E-state index in [1.807, 2.05) is 38.1 Å². The Morgan fingerprint density at radius 2 is 1.59 bits per heavy atom. The van der Waals surface area contributed by atoms with Gasteiger partial charge < -0.3 is 26.0 Å². The highest BCUT2D eigenvalue weighted by atomic mass is 127. The zero-order valence-corrected chi connectivity index (χ0v) is 24.8. The first-order chi connectivity index (χ1) is 18.5. The summed E-state index contributed by atoms with van der Waals surface area (Å²) in [6, 6.07) is 6.89. The van der Waals surface area contributed by atoms with Crippen molar-refractivity contribution in [3.63, 3.8) is 0 Å². The maximum atomic E-state index is 12.5. The van der Waals surface area contributed by atoms with Crippen LogP contribution < -0.4 is 26.7 Å². The number of amides is 5. The Bertz CT molecular complexity index is 943. The lowest BCUT2D eigenvalue weighted by atomic mass is 9.93. The second-order valence-corrected chi connectivity index (χ2v) is 10.6. The van der Waals surface area contributed by atoms with E-state index in [1.54, 1.807) is 5.48 Å². The molecule has 0 fully saturated rings. The van der Waals surface area contributed by atoms with Crippen molar-refractivity contribution >= 4 is 52.1 Å². The zero-order chi connectivity index (χ0) is 29.2. The molecule has 0 radical (unpaired) electrons. The molecule has 5 amide bonds. The van der Waals surface area contributed by atoms with Crippen molar-refractivity contribution < 1.29 is 33.9 Å². The van der Waals surface area contributed by atoms with Crippen molar-refractivity contribution in [1.82, 2.24) is 26.7 Å². The molecule has 6 N–H and O–H groups in total. The Kier molecular flexibility index (Phi) is 17.0. The number of rotatable bonds is 18. The summed E-state index contributed by atoms with van der Waals surface area (Å²) in [4.78, 5) is 60.7. The van der Waals surface area contributed by atoms with Crippen LogP contribution in [0.15, 0.2) is 24.3 Å². The Morgan fingerprint density at radius 3 is 2.21 bits per heavy atom. The normalized spacial score (nSPS) is 12.3. The maximum Gasteiger partial charge on any atom is 0.246 e. The lowest BCUT2D eigenvalue weighted by molar-refractivity contribution is -0.137. The van der Waals surface area contributed by atoms with E-state index in [0.717, 1.165) is 9.13 Å². The van der Waals surface area contributed by atoms with Gasteiger partial charge in [-0.05, 0) is 59.0 Å². The molecule has 1 rings (SSSR count). The molecule has 39 heavy (non-hydrogen) atoms. The monoisotopic (exact) mass is 661 g/mol. The number of carbonyl (C=O) groups excluding carboxylic acids is 5. The van der Waals surface area contributed by atoms with Gasteiger partial charge in [0.2, 0.25) is 29.5 Å². The fourth-order valence-corrected chi connectivity index (χ4v) is 4.01. The Morgan fingerprint density at radius 1 is 0.923 bits per heavy atom. The van der Waals surface area contributed by atoms with Crippen LogP contribution in [-0.2, 0) is 35.3 Å². The summed E-state index contributed by atoms with van der Waals surface area (Å²) in [5, 5.41) is 19.4. The summed E-state index contributed by atoms with van der Waals surface area (Å²) in [7, 11) is 1.42. The van der Waals surface area contributed by atoms with Gasteiger partial charge in [-0.3, -0.25) is 29.2 Å². The average molecular weight is 662 g/mol. The van der Waals surface area contributed by atoms with Crippen LogP contribution in [0.4, 0.5) is 0 Å². The second kappa shape index (κ2) is 19.3. The van der Waals surface area contributed by atoms with Crippen molar-refractivity contribution in [2.45, 2.75) is 58.5 Å². The van der Waals surface area contributed by atoms with Gasteiger partial charge in [0, 0.05) is 48.9 Å². The number of benzene rings is 1. The SMILES string of the molecule is CNC(=O)[C@H](CCC(=O)NCCOCCC(=O)NCc1ccc(I)cc1)NC(=O)C[C@@H](CC(C)C)C(=O)NO. The van der Waals surface area contributed by atoms with Crippen molar-refractivity contribution in [2.24, 2.45) is 11.8 Å². The zero-order valence-electron chi connectivity index (χ0n) is 22.7. The van der Waals surface area contributed by atoms with Crippen LogP contribution in [0, 0.1) is 15.4 Å². The summed E-state index contributed by atoms with van der Waals surface area (Å²) in [5.41, 5.74) is 2.58. The quantitative estimate of drug-likeness (QED) is 0.0589. The largest absolute Gasteiger partial charge is 0.379 e. The predicted molar refractivity (Wildman–Crippen MR) is 152 cm³/mol. The third kappa shape index (κ3) is 15.4. The number of ether oxygens (including phenoxy) is 1. The molecule has 0 spiro atoms. The molecule has 0 heterocycles. The van der Waals surface area contributed by atoms with Crippen molar-refractivity contribution in [3.05, 3.63) is 33.4 Å². The number of hydrogen-bond acceptors (Lipinski definition) is 7. The highest BCUT2D eigenvalue weighted by Gasteiger charge is 2.26. The lowest BCUT2D eigenvalue weighted by Gasteiger charge is -2.20. The van der Waals surface area contributed by atoms with Crippen molar-refractivity contribution in [2.75, 3.05) is 26.8 Å². The first kappa shape index (κ1) is 34.2. The van der Waals surface area contributed by atoms with E-state index in [1.165, 1.54) is 7.05 Å². The standard InChI is InChI=1S/C26H40IN5O7/c1-17(2)14-19(25(36)32-38)15-24(35)31-21(26(37)28-3)8-9-22(33)29-11-13-39-12-10-23(34)30-16-18-4-6-20(27)7-5-18/h4-7,17,19,21,38H,8-16H2,1-3H3,(H,28,37)(H,29,33)(H,30,34)(H,31,35)(H,32,36)/t19-,21+/m1/s1. The van der Waals surface area contributed by atoms with Crippen molar-refractivity contribution in [1.29, 1.82) is 0 Å². The minimum atomic E-state index is -0.959. The lowest BCUT2D eigenvalue weighted by Crippen LogP contribution is -2.47. The van der Waals surface area contributed by atoms with E-state index in [-0.39, 0.29) is 63.2 Å². The van der Waals surface area contributed by atoms with Crippen LogP contribution in [0.3, 0.4) is 0 Å². The van der Waals surface area contributed by atoms with Crippen LogP contribution in [0.2, 0.25) is 0 Å². The molecule has 12 nitrogen and oxygen atoms in total. The van der Waals surface area contributed by atoms with E-state index in [9.17, 15) is 24.0 Å². The molecule has 0 aliphatic carbocycles. The number of hydrogen-bond donors (Lipinski definition) is 6. The molecule has 0 aliphatic heterocycles. The van der Waals surface area contributed by atoms with E-state index < -0.39 is 29.7 Å². The minimum absolute atomic E-state index is 0.0220. The molecule has 0 aromatic heterocycles. The van der Waals surface area contributed by atoms with E-state index >= 15 is 0 Å². The van der Waals surface area contributed by atoms with Crippen LogP contribution in [0.25, 0.3) is 0 Å². The van der Waals surface area contributed by atoms with Gasteiger partial charge in [-0.1, -0.05) is 26.0 Å². The molecule has 1 aromatic carbocycles. The summed E-state index contributed by atoms with van der Waals surface area (Å²) in [5.74, 6) is -2.76. The van der Waals surface area contributed by atoms with Crippen LogP contribution in [0.1, 0.15) is 51.5 Å². The van der Waals surface area contributed by atoms with Crippen molar-refractivity contribution in [3.8, 4) is 0 Å². The fraction of sp³-hybridized carbons (Fsp3) is 0.577. The van der Waals surface area contributed by atoms with Gasteiger partial charge in [-0.25, -0.2) is 5.48 Å². The summed E-state index contributed by atoms with van der Waals surface area (Å²) in [6.07, 6.45) is 0.410. The van der Waals surface area contributed by atoms with Gasteiger partial charge >= 0.3 is 0 Å². The third-order valence-electron chi connectivity index (χ3n) is 5.67. The molecule has 1 aromatic rings. The van der Waals surface area contributed by atoms with E-state index in [2.05, 4.69) is 43.9 Å². The Hall–Kier alpha value is -2.78. The van der Waals surface area contributed by atoms with Gasteiger partial charge in [0.15, 0.2) is 0 Å². The number of carbonyl (C=O) groups is 5. The number of hydroxylamine groups is 1. The van der Waals surface area contributed by atoms with Gasteiger partial charge in [0.05, 0.1) is 13.2 Å². The average Bonchev–Trinajstić information content (AvgIpc) is 2.90. The van der Waals surface area contributed by atoms with E-state index in [4.69, 9.17) is 9.94 Å². The molecule has 0 unspecified atom stereocenters. The smallest absolute Gasteiger partial charge is 0.246 e. The van der Waals surface area contributed by atoms with Crippen LogP contribution in [0.5, 0.6) is 0 Å². The first-order valence-electron chi connectivity index (χ1n) is 12.9.